The van der Waals surface area contributed by atoms with E-state index in [-0.39, 0.29) is 0 Å². The summed E-state index contributed by atoms with van der Waals surface area (Å²) in [6, 6.07) is 10.1. The minimum atomic E-state index is 0.585. The summed E-state index contributed by atoms with van der Waals surface area (Å²) in [5.74, 6) is 0.774. The summed E-state index contributed by atoms with van der Waals surface area (Å²) in [6.07, 6.45) is 3.49. The Labute approximate surface area is 101 Å². The Morgan fingerprint density at radius 1 is 1.06 bits per heavy atom. The second-order valence-electron chi connectivity index (χ2n) is 3.67. The monoisotopic (exact) mass is 229 g/mol. The second kappa shape index (κ2) is 5.46. The number of rotatable bonds is 4. The largest absolute Gasteiger partial charge is 0.494 e. The Hall–Kier alpha value is -1.87. The topological polar surface area (TPSA) is 31.4 Å². The Balaban J connectivity index is 2.52. The molecular weight excluding hydrogens is 214 g/mol. The highest BCUT2D eigenvalue weighted by molar-refractivity contribution is 5.72. The quantitative estimate of drug-likeness (QED) is 0.807. The number of nitrogens with zero attached hydrogens (tertiary/aromatic N) is 1. The van der Waals surface area contributed by atoms with E-state index in [9.17, 15) is 0 Å². The van der Waals surface area contributed by atoms with Crippen LogP contribution in [0.1, 0.15) is 5.56 Å². The van der Waals surface area contributed by atoms with Gasteiger partial charge in [0, 0.05) is 18.9 Å². The Morgan fingerprint density at radius 3 is 2.65 bits per heavy atom. The molecule has 3 heteroatoms. The number of ether oxygens (including phenoxy) is 2. The molecule has 0 atom stereocenters. The highest BCUT2D eigenvalue weighted by Gasteiger charge is 2.09. The van der Waals surface area contributed by atoms with Gasteiger partial charge in [-0.1, -0.05) is 24.3 Å². The predicted octanol–water partition coefficient (Wildman–Crippen LogP) is 2.90. The molecule has 0 fully saturated rings. The molecule has 2 rings (SSSR count). The van der Waals surface area contributed by atoms with Gasteiger partial charge in [-0.2, -0.15) is 0 Å². The summed E-state index contributed by atoms with van der Waals surface area (Å²) in [6.45, 7) is 0.585. The second-order valence-corrected chi connectivity index (χ2v) is 3.67. The number of benzene rings is 1. The molecule has 0 radical (unpaired) electrons. The zero-order valence-corrected chi connectivity index (χ0v) is 10.0. The van der Waals surface area contributed by atoms with Gasteiger partial charge in [0.2, 0.25) is 0 Å². The minimum absolute atomic E-state index is 0.585. The van der Waals surface area contributed by atoms with E-state index in [2.05, 4.69) is 17.1 Å². The summed E-state index contributed by atoms with van der Waals surface area (Å²) in [5, 5.41) is 0. The van der Waals surface area contributed by atoms with Gasteiger partial charge in [-0.3, -0.25) is 4.98 Å². The molecule has 1 aromatic heterocycles. The van der Waals surface area contributed by atoms with Crippen LogP contribution in [0, 0.1) is 0 Å². The fourth-order valence-corrected chi connectivity index (χ4v) is 1.83. The molecule has 0 N–H and O–H groups in total. The highest BCUT2D eigenvalue weighted by Crippen LogP contribution is 2.31. The molecule has 1 aromatic carbocycles. The predicted molar refractivity (Wildman–Crippen MR) is 66.9 cm³/mol. The van der Waals surface area contributed by atoms with E-state index in [0.717, 1.165) is 22.4 Å². The molecule has 1 heterocycles. The van der Waals surface area contributed by atoms with Crippen LogP contribution in [0.3, 0.4) is 0 Å². The van der Waals surface area contributed by atoms with Crippen LogP contribution < -0.4 is 4.74 Å². The summed E-state index contributed by atoms with van der Waals surface area (Å²) >= 11 is 0. The van der Waals surface area contributed by atoms with Gasteiger partial charge in [0.25, 0.3) is 0 Å². The van der Waals surface area contributed by atoms with E-state index < -0.39 is 0 Å². The number of aromatic nitrogens is 1. The lowest BCUT2D eigenvalue weighted by atomic mass is 10.0. The number of pyridine rings is 1. The zero-order valence-electron chi connectivity index (χ0n) is 10.0. The maximum absolute atomic E-state index is 5.33. The summed E-state index contributed by atoms with van der Waals surface area (Å²) in [5.41, 5.74) is 3.29. The highest BCUT2D eigenvalue weighted by atomic mass is 16.5. The summed E-state index contributed by atoms with van der Waals surface area (Å²) in [7, 11) is 3.35. The first-order chi connectivity index (χ1) is 8.36. The van der Waals surface area contributed by atoms with Crippen molar-refractivity contribution >= 4 is 0 Å². The minimum Gasteiger partial charge on any atom is -0.494 e. The molecule has 0 aliphatic heterocycles. The van der Waals surface area contributed by atoms with Crippen LogP contribution in [0.5, 0.6) is 5.75 Å². The molecule has 2 aromatic rings. The Kier molecular flexibility index (Phi) is 3.73. The Bertz CT molecular complexity index is 497. The maximum atomic E-state index is 5.33. The van der Waals surface area contributed by atoms with Crippen molar-refractivity contribution in [2.45, 2.75) is 6.61 Å². The van der Waals surface area contributed by atoms with Gasteiger partial charge < -0.3 is 9.47 Å². The van der Waals surface area contributed by atoms with Crippen LogP contribution in [-0.4, -0.2) is 19.2 Å². The first-order valence-corrected chi connectivity index (χ1v) is 5.42. The lowest BCUT2D eigenvalue weighted by molar-refractivity contribution is 0.185. The number of methoxy groups -OCH3 is 2. The van der Waals surface area contributed by atoms with Crippen molar-refractivity contribution in [1.29, 1.82) is 0 Å². The fourth-order valence-electron chi connectivity index (χ4n) is 1.83. The van der Waals surface area contributed by atoms with Crippen molar-refractivity contribution in [3.8, 4) is 16.9 Å². The molecular formula is C14H15NO2. The van der Waals surface area contributed by atoms with Gasteiger partial charge >= 0.3 is 0 Å². The van der Waals surface area contributed by atoms with Gasteiger partial charge in [0.15, 0.2) is 0 Å². The van der Waals surface area contributed by atoms with Crippen LogP contribution in [0.25, 0.3) is 11.1 Å². The lowest BCUT2D eigenvalue weighted by Crippen LogP contribution is -1.94. The first-order valence-electron chi connectivity index (χ1n) is 5.42. The molecule has 0 bridgehead atoms. The molecule has 88 valence electrons. The summed E-state index contributed by atoms with van der Waals surface area (Å²) < 4.78 is 10.5. The van der Waals surface area contributed by atoms with E-state index in [0.29, 0.717) is 6.61 Å². The van der Waals surface area contributed by atoms with Crippen LogP contribution in [0.15, 0.2) is 42.7 Å². The number of hydrogen-bond donors (Lipinski definition) is 0. The third-order valence-electron chi connectivity index (χ3n) is 2.61. The third-order valence-corrected chi connectivity index (χ3v) is 2.61. The van der Waals surface area contributed by atoms with Gasteiger partial charge in [0.05, 0.1) is 19.9 Å². The van der Waals surface area contributed by atoms with Gasteiger partial charge in [-0.25, -0.2) is 0 Å². The maximum Gasteiger partial charge on any atom is 0.144 e. The molecule has 0 unspecified atom stereocenters. The third kappa shape index (κ3) is 2.45. The standard InChI is InChI=1S/C14H15NO2/c1-16-10-11-5-3-4-6-12(11)13-7-8-15-9-14(13)17-2/h3-9H,10H2,1-2H3. The van der Waals surface area contributed by atoms with Crippen LogP contribution >= 0.6 is 0 Å². The smallest absolute Gasteiger partial charge is 0.144 e. The van der Waals surface area contributed by atoms with Crippen molar-refractivity contribution < 1.29 is 9.47 Å². The molecule has 0 aliphatic rings. The average Bonchev–Trinajstić information content (AvgIpc) is 2.40. The molecule has 0 saturated carbocycles. The van der Waals surface area contributed by atoms with Gasteiger partial charge in [-0.05, 0) is 17.2 Å². The van der Waals surface area contributed by atoms with E-state index >= 15 is 0 Å². The van der Waals surface area contributed by atoms with E-state index in [1.807, 2.05) is 18.2 Å². The van der Waals surface area contributed by atoms with E-state index in [1.54, 1.807) is 26.6 Å². The van der Waals surface area contributed by atoms with Gasteiger partial charge in [-0.15, -0.1) is 0 Å². The normalized spacial score (nSPS) is 10.2. The molecule has 0 spiro atoms. The van der Waals surface area contributed by atoms with Crippen molar-refractivity contribution in [2.75, 3.05) is 14.2 Å². The van der Waals surface area contributed by atoms with Crippen molar-refractivity contribution in [1.82, 2.24) is 4.98 Å². The first kappa shape index (κ1) is 11.6. The van der Waals surface area contributed by atoms with Crippen LogP contribution in [0.2, 0.25) is 0 Å². The fraction of sp³-hybridized carbons (Fsp3) is 0.214. The van der Waals surface area contributed by atoms with Crippen molar-refractivity contribution in [2.24, 2.45) is 0 Å². The zero-order chi connectivity index (χ0) is 12.1. The molecule has 17 heavy (non-hydrogen) atoms. The van der Waals surface area contributed by atoms with Crippen molar-refractivity contribution in [3.05, 3.63) is 48.3 Å². The summed E-state index contributed by atoms with van der Waals surface area (Å²) in [4.78, 5) is 4.06. The van der Waals surface area contributed by atoms with Gasteiger partial charge in [0.1, 0.15) is 5.75 Å². The van der Waals surface area contributed by atoms with Crippen LogP contribution in [0.4, 0.5) is 0 Å². The Morgan fingerprint density at radius 2 is 1.88 bits per heavy atom. The van der Waals surface area contributed by atoms with E-state index in [1.165, 1.54) is 0 Å². The lowest BCUT2D eigenvalue weighted by Gasteiger charge is -2.11. The molecule has 3 nitrogen and oxygen atoms in total. The molecule has 0 amide bonds. The molecule has 0 saturated heterocycles. The van der Waals surface area contributed by atoms with Crippen LogP contribution in [-0.2, 0) is 11.3 Å². The average molecular weight is 229 g/mol. The van der Waals surface area contributed by atoms with E-state index in [4.69, 9.17) is 9.47 Å². The molecule has 0 aliphatic carbocycles. The van der Waals surface area contributed by atoms with Crippen molar-refractivity contribution in [3.63, 3.8) is 0 Å². The number of hydrogen-bond acceptors (Lipinski definition) is 3. The SMILES string of the molecule is COCc1ccccc1-c1ccncc1OC.